The normalized spacial score (nSPS) is 11.9. The molecule has 0 amide bonds. The standard InChI is InChI=1S/C50H52N4O3S2/c55-49-44(31-41-30-43-22-11-13-24-46(43)52-33-41)50(54-47(53-49)25-9-1-2-14-27-56-34-37-16-5-3-6-17-37)59-48(58)26-15-20-39(36-57-35-38-18-7-4-8-19-38)28-40-29-42-21-10-12-23-45(42)51-32-40/h3-8,10-13,16-19,21-24,29-30,32-33,39H,1-2,9,14-15,20,25-28,31,34-36H2,(H,53,54,55). The lowest BCUT2D eigenvalue weighted by Crippen LogP contribution is -2.19. The summed E-state index contributed by atoms with van der Waals surface area (Å²) in [4.78, 5) is 31.3. The highest BCUT2D eigenvalue weighted by Crippen LogP contribution is 2.27. The lowest BCUT2D eigenvalue weighted by molar-refractivity contribution is 0.0835. The van der Waals surface area contributed by atoms with Crippen LogP contribution in [0.5, 0.6) is 0 Å². The van der Waals surface area contributed by atoms with Gasteiger partial charge in [-0.2, -0.15) is 0 Å². The molecule has 1 atom stereocenters. The van der Waals surface area contributed by atoms with Gasteiger partial charge in [-0.15, -0.1) is 0 Å². The SMILES string of the molecule is O=c1[nH]c(CCCCCCOCc2ccccc2)nc(SC(=S)CCCC(COCc2ccccc2)Cc2cnc3ccccc3c2)c1Cc1cnc2ccccc2c1. The Bertz CT molecular complexity index is 2460. The second kappa shape index (κ2) is 22.3. The summed E-state index contributed by atoms with van der Waals surface area (Å²) in [7, 11) is 0. The van der Waals surface area contributed by atoms with Crippen molar-refractivity contribution in [3.8, 4) is 0 Å². The van der Waals surface area contributed by atoms with Crippen LogP contribution >= 0.6 is 24.0 Å². The fourth-order valence-corrected chi connectivity index (χ4v) is 8.62. The molecule has 3 heterocycles. The van der Waals surface area contributed by atoms with Gasteiger partial charge in [0.1, 0.15) is 10.9 Å². The Labute approximate surface area is 357 Å². The molecule has 9 heteroatoms. The van der Waals surface area contributed by atoms with Gasteiger partial charge in [-0.25, -0.2) is 4.98 Å². The smallest absolute Gasteiger partial charge is 0.255 e. The van der Waals surface area contributed by atoms with Gasteiger partial charge < -0.3 is 14.5 Å². The van der Waals surface area contributed by atoms with Crippen molar-refractivity contribution in [3.05, 3.63) is 178 Å². The second-order valence-corrected chi connectivity index (χ2v) is 17.0. The third-order valence-electron chi connectivity index (χ3n) is 10.5. The molecule has 302 valence electrons. The Kier molecular flexibility index (Phi) is 15.9. The highest BCUT2D eigenvalue weighted by atomic mass is 32.2. The van der Waals surface area contributed by atoms with E-state index in [0.29, 0.717) is 55.0 Å². The number of aryl methyl sites for hydroxylation is 1. The van der Waals surface area contributed by atoms with E-state index in [0.717, 1.165) is 89.5 Å². The van der Waals surface area contributed by atoms with Crippen LogP contribution in [0.15, 0.2) is 144 Å². The van der Waals surface area contributed by atoms with Gasteiger partial charge in [0.05, 0.1) is 40.6 Å². The number of hydrogen-bond donors (Lipinski definition) is 1. The predicted octanol–water partition coefficient (Wildman–Crippen LogP) is 11.4. The number of thioether (sulfide) groups is 1. The molecule has 59 heavy (non-hydrogen) atoms. The zero-order valence-electron chi connectivity index (χ0n) is 33.6. The van der Waals surface area contributed by atoms with E-state index in [1.54, 1.807) is 0 Å². The van der Waals surface area contributed by atoms with E-state index in [1.165, 1.54) is 28.5 Å². The van der Waals surface area contributed by atoms with E-state index >= 15 is 0 Å². The Morgan fingerprint density at radius 3 is 2.00 bits per heavy atom. The number of thiocarbonyl (C=S) groups is 1. The first kappa shape index (κ1) is 42.1. The van der Waals surface area contributed by atoms with E-state index in [4.69, 9.17) is 31.7 Å². The van der Waals surface area contributed by atoms with Crippen molar-refractivity contribution in [1.82, 2.24) is 19.9 Å². The van der Waals surface area contributed by atoms with Crippen molar-refractivity contribution in [2.45, 2.75) is 82.4 Å². The zero-order valence-corrected chi connectivity index (χ0v) is 35.2. The number of aromatic amines is 1. The molecule has 7 nitrogen and oxygen atoms in total. The second-order valence-electron chi connectivity index (χ2n) is 15.2. The quantitative estimate of drug-likeness (QED) is 0.0313. The molecule has 0 aliphatic carbocycles. The summed E-state index contributed by atoms with van der Waals surface area (Å²) in [5.41, 5.74) is 6.99. The van der Waals surface area contributed by atoms with Crippen LogP contribution in [0.1, 0.15) is 78.6 Å². The maximum absolute atomic E-state index is 13.8. The third-order valence-corrected chi connectivity index (χ3v) is 11.9. The fraction of sp³-hybridized carbons (Fsp3) is 0.300. The Hall–Kier alpha value is -5.06. The number of benzene rings is 4. The zero-order chi connectivity index (χ0) is 40.5. The van der Waals surface area contributed by atoms with Gasteiger partial charge in [0.15, 0.2) is 0 Å². The maximum Gasteiger partial charge on any atom is 0.255 e. The van der Waals surface area contributed by atoms with Crippen molar-refractivity contribution in [2.75, 3.05) is 13.2 Å². The summed E-state index contributed by atoms with van der Waals surface area (Å²) in [5, 5.41) is 2.89. The van der Waals surface area contributed by atoms with Crippen molar-refractivity contribution >= 4 is 50.0 Å². The minimum atomic E-state index is -0.109. The number of para-hydroxylation sites is 2. The van der Waals surface area contributed by atoms with E-state index < -0.39 is 0 Å². The lowest BCUT2D eigenvalue weighted by atomic mass is 9.95. The first-order valence-electron chi connectivity index (χ1n) is 20.8. The van der Waals surface area contributed by atoms with Crippen LogP contribution in [0.3, 0.4) is 0 Å². The molecule has 0 spiro atoms. The van der Waals surface area contributed by atoms with Gasteiger partial charge >= 0.3 is 0 Å². The van der Waals surface area contributed by atoms with E-state index in [2.05, 4.69) is 58.5 Å². The van der Waals surface area contributed by atoms with Crippen LogP contribution in [-0.4, -0.2) is 37.3 Å². The first-order chi connectivity index (χ1) is 29.1. The molecule has 3 aromatic heterocycles. The monoisotopic (exact) mass is 820 g/mol. The largest absolute Gasteiger partial charge is 0.377 e. The Morgan fingerprint density at radius 1 is 0.678 bits per heavy atom. The number of H-pyrrole nitrogens is 1. The van der Waals surface area contributed by atoms with E-state index in [1.807, 2.05) is 85.2 Å². The lowest BCUT2D eigenvalue weighted by Gasteiger charge is -2.18. The molecule has 1 unspecified atom stereocenters. The molecule has 0 saturated heterocycles. The molecule has 0 radical (unpaired) electrons. The molecule has 7 aromatic rings. The van der Waals surface area contributed by atoms with Gasteiger partial charge in [0, 0.05) is 42.6 Å². The van der Waals surface area contributed by atoms with Crippen LogP contribution in [-0.2, 0) is 41.9 Å². The number of rotatable bonds is 22. The third kappa shape index (κ3) is 13.2. The van der Waals surface area contributed by atoms with Crippen molar-refractivity contribution < 1.29 is 9.47 Å². The van der Waals surface area contributed by atoms with Gasteiger partial charge in [-0.05, 0) is 91.0 Å². The number of pyridine rings is 2. The van der Waals surface area contributed by atoms with Crippen molar-refractivity contribution in [1.29, 1.82) is 0 Å². The average Bonchev–Trinajstić information content (AvgIpc) is 3.26. The topological polar surface area (TPSA) is 90.0 Å². The van der Waals surface area contributed by atoms with Gasteiger partial charge in [-0.3, -0.25) is 14.8 Å². The summed E-state index contributed by atoms with van der Waals surface area (Å²) < 4.78 is 13.0. The number of hydrogen-bond acceptors (Lipinski definition) is 8. The fourth-order valence-electron chi connectivity index (χ4n) is 7.33. The van der Waals surface area contributed by atoms with Crippen molar-refractivity contribution in [2.24, 2.45) is 5.92 Å². The highest BCUT2D eigenvalue weighted by molar-refractivity contribution is 8.23. The number of aromatic nitrogens is 4. The molecule has 0 bridgehead atoms. The summed E-state index contributed by atoms with van der Waals surface area (Å²) in [5.74, 6) is 1.01. The van der Waals surface area contributed by atoms with Crippen LogP contribution < -0.4 is 5.56 Å². The molecule has 4 aromatic carbocycles. The van der Waals surface area contributed by atoms with Crippen LogP contribution in [0.2, 0.25) is 0 Å². The molecule has 0 aliphatic heterocycles. The molecule has 7 rings (SSSR count). The summed E-state index contributed by atoms with van der Waals surface area (Å²) in [6.07, 6.45) is 12.5. The predicted molar refractivity (Wildman–Crippen MR) is 245 cm³/mol. The summed E-state index contributed by atoms with van der Waals surface area (Å²) in [6, 6.07) is 41.2. The molecular formula is C50H52N4O3S2. The Balaban J connectivity index is 0.978. The molecule has 0 saturated carbocycles. The summed E-state index contributed by atoms with van der Waals surface area (Å²) in [6.45, 7) is 2.60. The van der Waals surface area contributed by atoms with Crippen LogP contribution in [0.25, 0.3) is 21.8 Å². The molecule has 1 N–H and O–H groups in total. The molecule has 0 aliphatic rings. The van der Waals surface area contributed by atoms with Crippen LogP contribution in [0.4, 0.5) is 0 Å². The maximum atomic E-state index is 13.8. The average molecular weight is 821 g/mol. The summed E-state index contributed by atoms with van der Waals surface area (Å²) >= 11 is 7.50. The first-order valence-corrected chi connectivity index (χ1v) is 22.0. The van der Waals surface area contributed by atoms with Gasteiger partial charge in [0.25, 0.3) is 5.56 Å². The van der Waals surface area contributed by atoms with Gasteiger partial charge in [0.2, 0.25) is 0 Å². The number of ether oxygens (including phenoxy) is 2. The van der Waals surface area contributed by atoms with E-state index in [9.17, 15) is 4.79 Å². The number of fused-ring (bicyclic) bond motifs is 2. The molecule has 0 fully saturated rings. The highest BCUT2D eigenvalue weighted by Gasteiger charge is 2.17. The van der Waals surface area contributed by atoms with E-state index in [-0.39, 0.29) is 5.56 Å². The minimum Gasteiger partial charge on any atom is -0.377 e. The van der Waals surface area contributed by atoms with Crippen molar-refractivity contribution in [3.63, 3.8) is 0 Å². The Morgan fingerprint density at radius 2 is 1.29 bits per heavy atom. The van der Waals surface area contributed by atoms with Gasteiger partial charge in [-0.1, -0.05) is 134 Å². The number of nitrogens with zero attached hydrogens (tertiary/aromatic N) is 3. The molecular weight excluding hydrogens is 769 g/mol. The number of unbranched alkanes of at least 4 members (excludes halogenated alkanes) is 3. The number of nitrogens with one attached hydrogen (secondary N) is 1. The minimum absolute atomic E-state index is 0.109. The van der Waals surface area contributed by atoms with Crippen LogP contribution in [0, 0.1) is 5.92 Å².